The lowest BCUT2D eigenvalue weighted by molar-refractivity contribution is 0.122. The summed E-state index contributed by atoms with van der Waals surface area (Å²) in [7, 11) is 0. The quantitative estimate of drug-likeness (QED) is 0.622. The maximum atomic E-state index is 13.8. The average molecular weight is 391 g/mol. The standard InChI is InChI=1S/C17H18FN5OS2/c1-12-19-14(10-25-12)11-26-17-21-20-16(22-5-7-24-8-6-22)23(17)15-4-2-3-13(18)9-15/h2-4,9-10H,5-8,11H2,1H3. The number of benzene rings is 1. The summed E-state index contributed by atoms with van der Waals surface area (Å²) in [5.74, 6) is 1.13. The molecule has 4 rings (SSSR count). The molecule has 3 aromatic rings. The number of halogens is 1. The molecule has 1 fully saturated rings. The van der Waals surface area contributed by atoms with Crippen molar-refractivity contribution in [3.05, 3.63) is 46.2 Å². The number of aromatic nitrogens is 4. The summed E-state index contributed by atoms with van der Waals surface area (Å²) >= 11 is 3.18. The van der Waals surface area contributed by atoms with Gasteiger partial charge in [-0.3, -0.25) is 4.57 Å². The highest BCUT2D eigenvalue weighted by molar-refractivity contribution is 7.98. The minimum Gasteiger partial charge on any atom is -0.378 e. The molecule has 136 valence electrons. The first-order chi connectivity index (χ1) is 12.7. The fourth-order valence-corrected chi connectivity index (χ4v) is 4.34. The van der Waals surface area contributed by atoms with Gasteiger partial charge in [0.25, 0.3) is 0 Å². The van der Waals surface area contributed by atoms with Gasteiger partial charge in [0.2, 0.25) is 5.95 Å². The number of ether oxygens (including phenoxy) is 1. The molecule has 0 saturated carbocycles. The number of thioether (sulfide) groups is 1. The smallest absolute Gasteiger partial charge is 0.232 e. The number of morpholine rings is 1. The first kappa shape index (κ1) is 17.4. The van der Waals surface area contributed by atoms with Crippen LogP contribution in [0.3, 0.4) is 0 Å². The van der Waals surface area contributed by atoms with E-state index in [4.69, 9.17) is 4.74 Å². The van der Waals surface area contributed by atoms with Crippen LogP contribution in [0.25, 0.3) is 5.69 Å². The Hall–Kier alpha value is -1.97. The van der Waals surface area contributed by atoms with Crippen molar-refractivity contribution >= 4 is 29.0 Å². The first-order valence-electron chi connectivity index (χ1n) is 8.28. The Balaban J connectivity index is 1.67. The summed E-state index contributed by atoms with van der Waals surface area (Å²) in [4.78, 5) is 6.62. The minimum absolute atomic E-state index is 0.282. The highest BCUT2D eigenvalue weighted by atomic mass is 32.2. The number of nitrogens with zero attached hydrogens (tertiary/aromatic N) is 5. The Morgan fingerprint density at radius 3 is 2.85 bits per heavy atom. The van der Waals surface area contributed by atoms with E-state index in [1.807, 2.05) is 22.9 Å². The van der Waals surface area contributed by atoms with Crippen molar-refractivity contribution in [2.24, 2.45) is 0 Å². The van der Waals surface area contributed by atoms with Gasteiger partial charge in [0.15, 0.2) is 5.16 Å². The highest BCUT2D eigenvalue weighted by Gasteiger charge is 2.22. The zero-order valence-corrected chi connectivity index (χ0v) is 15.9. The highest BCUT2D eigenvalue weighted by Crippen LogP contribution is 2.29. The Labute approximate surface area is 159 Å². The van der Waals surface area contributed by atoms with Crippen LogP contribution in [-0.2, 0) is 10.5 Å². The molecule has 3 heterocycles. The van der Waals surface area contributed by atoms with Crippen LogP contribution < -0.4 is 4.90 Å². The Morgan fingerprint density at radius 1 is 1.27 bits per heavy atom. The van der Waals surface area contributed by atoms with Crippen LogP contribution in [0.4, 0.5) is 10.3 Å². The van der Waals surface area contributed by atoms with E-state index in [-0.39, 0.29) is 5.82 Å². The van der Waals surface area contributed by atoms with Crippen LogP contribution in [0, 0.1) is 12.7 Å². The second-order valence-corrected chi connectivity index (χ2v) is 7.85. The molecular formula is C17H18FN5OS2. The molecule has 0 bridgehead atoms. The van der Waals surface area contributed by atoms with Crippen molar-refractivity contribution in [1.82, 2.24) is 19.7 Å². The van der Waals surface area contributed by atoms with Crippen LogP contribution in [0.2, 0.25) is 0 Å². The van der Waals surface area contributed by atoms with Crippen LogP contribution in [0.15, 0.2) is 34.8 Å². The van der Waals surface area contributed by atoms with Gasteiger partial charge in [-0.15, -0.1) is 21.5 Å². The molecule has 2 aromatic heterocycles. The maximum Gasteiger partial charge on any atom is 0.232 e. The van der Waals surface area contributed by atoms with Crippen molar-refractivity contribution in [2.45, 2.75) is 17.8 Å². The van der Waals surface area contributed by atoms with Gasteiger partial charge >= 0.3 is 0 Å². The number of thiazole rings is 1. The molecule has 1 saturated heterocycles. The fourth-order valence-electron chi connectivity index (χ4n) is 2.78. The van der Waals surface area contributed by atoms with E-state index in [9.17, 15) is 4.39 Å². The number of hydrogen-bond donors (Lipinski definition) is 0. The molecule has 0 amide bonds. The molecular weight excluding hydrogens is 373 g/mol. The third-order valence-electron chi connectivity index (χ3n) is 3.99. The van der Waals surface area contributed by atoms with Crippen molar-refractivity contribution in [3.63, 3.8) is 0 Å². The van der Waals surface area contributed by atoms with Crippen LogP contribution in [0.5, 0.6) is 0 Å². The summed E-state index contributed by atoms with van der Waals surface area (Å²) in [6, 6.07) is 6.51. The number of rotatable bonds is 5. The van der Waals surface area contributed by atoms with E-state index in [2.05, 4.69) is 20.1 Å². The van der Waals surface area contributed by atoms with Gasteiger partial charge in [-0.2, -0.15) is 0 Å². The number of hydrogen-bond acceptors (Lipinski definition) is 7. The third-order valence-corrected chi connectivity index (χ3v) is 5.78. The van der Waals surface area contributed by atoms with Crippen LogP contribution in [0.1, 0.15) is 10.7 Å². The zero-order chi connectivity index (χ0) is 17.9. The van der Waals surface area contributed by atoms with E-state index in [1.165, 1.54) is 12.1 Å². The van der Waals surface area contributed by atoms with Gasteiger partial charge in [-0.1, -0.05) is 17.8 Å². The lowest BCUT2D eigenvalue weighted by Gasteiger charge is -2.27. The van der Waals surface area contributed by atoms with E-state index >= 15 is 0 Å². The summed E-state index contributed by atoms with van der Waals surface area (Å²) in [6.45, 7) is 4.77. The van der Waals surface area contributed by atoms with Gasteiger partial charge in [0, 0.05) is 24.2 Å². The summed E-state index contributed by atoms with van der Waals surface area (Å²) < 4.78 is 21.2. The van der Waals surface area contributed by atoms with Crippen molar-refractivity contribution in [2.75, 3.05) is 31.2 Å². The van der Waals surface area contributed by atoms with E-state index in [1.54, 1.807) is 29.2 Å². The molecule has 0 aliphatic carbocycles. The lowest BCUT2D eigenvalue weighted by atomic mass is 10.3. The van der Waals surface area contributed by atoms with Crippen LogP contribution in [-0.4, -0.2) is 46.1 Å². The second-order valence-electron chi connectivity index (χ2n) is 5.84. The molecule has 0 unspecified atom stereocenters. The molecule has 1 aliphatic heterocycles. The van der Waals surface area contributed by atoms with Gasteiger partial charge < -0.3 is 9.64 Å². The van der Waals surface area contributed by atoms with Crippen molar-refractivity contribution in [3.8, 4) is 5.69 Å². The van der Waals surface area contributed by atoms with Gasteiger partial charge in [0.1, 0.15) is 5.82 Å². The van der Waals surface area contributed by atoms with Crippen LogP contribution >= 0.6 is 23.1 Å². The Bertz CT molecular complexity index is 891. The predicted molar refractivity (Wildman–Crippen MR) is 101 cm³/mol. The van der Waals surface area contributed by atoms with Crippen molar-refractivity contribution in [1.29, 1.82) is 0 Å². The molecule has 0 N–H and O–H groups in total. The predicted octanol–water partition coefficient (Wildman–Crippen LogP) is 3.30. The minimum atomic E-state index is -0.282. The summed E-state index contributed by atoms with van der Waals surface area (Å²) in [5.41, 5.74) is 1.73. The molecule has 6 nitrogen and oxygen atoms in total. The Morgan fingerprint density at radius 2 is 2.12 bits per heavy atom. The number of aryl methyl sites for hydroxylation is 1. The maximum absolute atomic E-state index is 13.8. The first-order valence-corrected chi connectivity index (χ1v) is 10.1. The molecule has 0 atom stereocenters. The molecule has 9 heteroatoms. The monoisotopic (exact) mass is 391 g/mol. The Kier molecular flexibility index (Phi) is 5.18. The summed E-state index contributed by atoms with van der Waals surface area (Å²) in [6.07, 6.45) is 0. The summed E-state index contributed by atoms with van der Waals surface area (Å²) in [5, 5.41) is 12.6. The SMILES string of the molecule is Cc1nc(CSc2nnc(N3CCOCC3)n2-c2cccc(F)c2)cs1. The van der Waals surface area contributed by atoms with Crippen molar-refractivity contribution < 1.29 is 9.13 Å². The zero-order valence-electron chi connectivity index (χ0n) is 14.3. The average Bonchev–Trinajstić information content (AvgIpc) is 3.26. The largest absolute Gasteiger partial charge is 0.378 e. The fraction of sp³-hybridized carbons (Fsp3) is 0.353. The van der Waals surface area contributed by atoms with E-state index in [0.717, 1.165) is 34.9 Å². The second kappa shape index (κ2) is 7.73. The molecule has 1 aromatic carbocycles. The molecule has 0 radical (unpaired) electrons. The third kappa shape index (κ3) is 3.74. The number of anilines is 1. The topological polar surface area (TPSA) is 56.1 Å². The molecule has 0 spiro atoms. The lowest BCUT2D eigenvalue weighted by Crippen LogP contribution is -2.37. The molecule has 26 heavy (non-hydrogen) atoms. The van der Waals surface area contributed by atoms with E-state index in [0.29, 0.717) is 24.7 Å². The van der Waals surface area contributed by atoms with E-state index < -0.39 is 0 Å². The normalized spacial score (nSPS) is 14.8. The van der Waals surface area contributed by atoms with Gasteiger partial charge in [-0.25, -0.2) is 9.37 Å². The molecule has 1 aliphatic rings. The van der Waals surface area contributed by atoms with Gasteiger partial charge in [0.05, 0.1) is 29.6 Å². The van der Waals surface area contributed by atoms with Gasteiger partial charge in [-0.05, 0) is 25.1 Å².